The molecular weight excluding hydrogens is 352 g/mol. The van der Waals surface area contributed by atoms with E-state index in [-0.39, 0.29) is 5.91 Å². The molecule has 1 aliphatic rings. The molecule has 0 saturated heterocycles. The van der Waals surface area contributed by atoms with Crippen molar-refractivity contribution < 1.29 is 4.79 Å². The Morgan fingerprint density at radius 3 is 2.30 bits per heavy atom. The fourth-order valence-corrected chi connectivity index (χ4v) is 3.71. The Hall–Kier alpha value is -2.98. The number of amides is 1. The molecule has 1 aliphatic heterocycles. The minimum Gasteiger partial charge on any atom is -0.318 e. The normalized spacial score (nSPS) is 13.0. The van der Waals surface area contributed by atoms with Crippen molar-refractivity contribution in [1.82, 2.24) is 5.32 Å². The van der Waals surface area contributed by atoms with Gasteiger partial charge in [-0.1, -0.05) is 60.7 Å². The van der Waals surface area contributed by atoms with Crippen LogP contribution in [0.2, 0.25) is 0 Å². The summed E-state index contributed by atoms with van der Waals surface area (Å²) in [7, 11) is 0. The molecule has 27 heavy (non-hydrogen) atoms. The fourth-order valence-electron chi connectivity index (χ4n) is 3.43. The van der Waals surface area contributed by atoms with Crippen molar-refractivity contribution >= 4 is 28.9 Å². The van der Waals surface area contributed by atoms with E-state index in [9.17, 15) is 4.79 Å². The van der Waals surface area contributed by atoms with Crippen LogP contribution in [0.5, 0.6) is 0 Å². The van der Waals surface area contributed by atoms with Crippen molar-refractivity contribution in [1.29, 1.82) is 0 Å². The molecule has 4 rings (SSSR count). The number of aryl methyl sites for hydroxylation is 1. The first-order chi connectivity index (χ1) is 13.2. The van der Waals surface area contributed by atoms with Crippen molar-refractivity contribution in [2.75, 3.05) is 11.4 Å². The molecule has 0 unspecified atom stereocenters. The first kappa shape index (κ1) is 17.4. The van der Waals surface area contributed by atoms with Crippen LogP contribution in [-0.4, -0.2) is 17.6 Å². The number of nitrogens with zero attached hydrogens (tertiary/aromatic N) is 1. The lowest BCUT2D eigenvalue weighted by molar-refractivity contribution is 0.0977. The third-order valence-electron chi connectivity index (χ3n) is 4.83. The first-order valence-electron chi connectivity index (χ1n) is 9.08. The zero-order valence-corrected chi connectivity index (χ0v) is 15.7. The molecule has 3 aromatic carbocycles. The second kappa shape index (κ2) is 7.72. The van der Waals surface area contributed by atoms with Crippen LogP contribution >= 0.6 is 12.2 Å². The summed E-state index contributed by atoms with van der Waals surface area (Å²) < 4.78 is 0. The standard InChI is InChI=1S/C23H20N2OS/c26-22(20-14-12-18(13-15-20)17-7-2-1-3-8-17)24-23(27)25-16-6-10-19-9-4-5-11-21(19)25/h1-5,7-9,11-15H,6,10,16H2,(H,24,26,27). The van der Waals surface area contributed by atoms with E-state index in [1.807, 2.05) is 59.5 Å². The summed E-state index contributed by atoms with van der Waals surface area (Å²) in [5.74, 6) is -0.178. The van der Waals surface area contributed by atoms with Gasteiger partial charge in [-0.15, -0.1) is 0 Å². The summed E-state index contributed by atoms with van der Waals surface area (Å²) in [4.78, 5) is 14.7. The molecule has 0 spiro atoms. The fraction of sp³-hybridized carbons (Fsp3) is 0.130. The van der Waals surface area contributed by atoms with Crippen molar-refractivity contribution in [2.24, 2.45) is 0 Å². The smallest absolute Gasteiger partial charge is 0.257 e. The van der Waals surface area contributed by atoms with E-state index in [0.29, 0.717) is 10.7 Å². The number of fused-ring (bicyclic) bond motifs is 1. The topological polar surface area (TPSA) is 32.3 Å². The number of thiocarbonyl (C=S) groups is 1. The van der Waals surface area contributed by atoms with Crippen molar-refractivity contribution in [2.45, 2.75) is 12.8 Å². The summed E-state index contributed by atoms with van der Waals surface area (Å²) >= 11 is 5.52. The van der Waals surface area contributed by atoms with E-state index in [2.05, 4.69) is 29.6 Å². The Morgan fingerprint density at radius 1 is 0.852 bits per heavy atom. The van der Waals surface area contributed by atoms with Crippen molar-refractivity contribution in [3.05, 3.63) is 90.0 Å². The van der Waals surface area contributed by atoms with Crippen LogP contribution in [0.4, 0.5) is 5.69 Å². The number of carbonyl (C=O) groups excluding carboxylic acids is 1. The average molecular weight is 372 g/mol. The number of para-hydroxylation sites is 1. The molecule has 0 atom stereocenters. The van der Waals surface area contributed by atoms with Gasteiger partial charge in [-0.25, -0.2) is 0 Å². The predicted octanol–water partition coefficient (Wildman–Crippen LogP) is 4.82. The lowest BCUT2D eigenvalue weighted by atomic mass is 10.0. The van der Waals surface area contributed by atoms with Gasteiger partial charge in [0.1, 0.15) is 0 Å². The molecule has 1 N–H and O–H groups in total. The van der Waals surface area contributed by atoms with Gasteiger partial charge in [0.15, 0.2) is 5.11 Å². The van der Waals surface area contributed by atoms with Crippen LogP contribution in [0.1, 0.15) is 22.3 Å². The van der Waals surface area contributed by atoms with E-state index in [1.54, 1.807) is 0 Å². The van der Waals surface area contributed by atoms with Gasteiger partial charge < -0.3 is 4.90 Å². The SMILES string of the molecule is O=C(NC(=S)N1CCCc2ccccc21)c1ccc(-c2ccccc2)cc1. The maximum Gasteiger partial charge on any atom is 0.257 e. The van der Waals surface area contributed by atoms with Gasteiger partial charge in [-0.3, -0.25) is 10.1 Å². The van der Waals surface area contributed by atoms with Crippen LogP contribution in [-0.2, 0) is 6.42 Å². The summed E-state index contributed by atoms with van der Waals surface area (Å²) in [6.45, 7) is 0.822. The van der Waals surface area contributed by atoms with Gasteiger partial charge in [0.05, 0.1) is 0 Å². The van der Waals surface area contributed by atoms with E-state index < -0.39 is 0 Å². The predicted molar refractivity (Wildman–Crippen MR) is 114 cm³/mol. The van der Waals surface area contributed by atoms with Gasteiger partial charge >= 0.3 is 0 Å². The molecule has 134 valence electrons. The Balaban J connectivity index is 1.47. The van der Waals surface area contributed by atoms with Crippen LogP contribution < -0.4 is 10.2 Å². The largest absolute Gasteiger partial charge is 0.318 e. The Morgan fingerprint density at radius 2 is 1.52 bits per heavy atom. The van der Waals surface area contributed by atoms with Gasteiger partial charge in [-0.2, -0.15) is 0 Å². The highest BCUT2D eigenvalue weighted by Gasteiger charge is 2.21. The molecule has 3 nitrogen and oxygen atoms in total. The highest BCUT2D eigenvalue weighted by Crippen LogP contribution is 2.26. The summed E-state index contributed by atoms with van der Waals surface area (Å²) in [6.07, 6.45) is 2.07. The maximum atomic E-state index is 12.6. The number of benzene rings is 3. The lowest BCUT2D eigenvalue weighted by Crippen LogP contribution is -2.45. The number of carbonyl (C=O) groups is 1. The van der Waals surface area contributed by atoms with Crippen molar-refractivity contribution in [3.8, 4) is 11.1 Å². The number of rotatable bonds is 2. The summed E-state index contributed by atoms with van der Waals surface area (Å²) in [6, 6.07) is 25.9. The molecule has 1 amide bonds. The minimum absolute atomic E-state index is 0.178. The Bertz CT molecular complexity index is 967. The molecule has 0 aliphatic carbocycles. The number of anilines is 1. The second-order valence-corrected chi connectivity index (χ2v) is 6.97. The van der Waals surface area contributed by atoms with E-state index in [0.717, 1.165) is 36.2 Å². The maximum absolute atomic E-state index is 12.6. The van der Waals surface area contributed by atoms with E-state index in [4.69, 9.17) is 12.2 Å². The first-order valence-corrected chi connectivity index (χ1v) is 9.49. The molecular formula is C23H20N2OS. The monoisotopic (exact) mass is 372 g/mol. The van der Waals surface area contributed by atoms with Gasteiger partial charge in [0.25, 0.3) is 5.91 Å². The molecule has 1 heterocycles. The summed E-state index contributed by atoms with van der Waals surface area (Å²) in [5, 5.41) is 3.34. The molecule has 0 radical (unpaired) electrons. The van der Waals surface area contributed by atoms with Gasteiger partial charge in [0.2, 0.25) is 0 Å². The van der Waals surface area contributed by atoms with Crippen LogP contribution in [0.15, 0.2) is 78.9 Å². The molecule has 0 aromatic heterocycles. The second-order valence-electron chi connectivity index (χ2n) is 6.59. The molecule has 3 aromatic rings. The van der Waals surface area contributed by atoms with Gasteiger partial charge in [-0.05, 0) is 59.9 Å². The average Bonchev–Trinajstić information content (AvgIpc) is 2.74. The lowest BCUT2D eigenvalue weighted by Gasteiger charge is -2.31. The zero-order chi connectivity index (χ0) is 18.6. The third kappa shape index (κ3) is 3.76. The number of hydrogen-bond donors (Lipinski definition) is 1. The third-order valence-corrected chi connectivity index (χ3v) is 5.15. The van der Waals surface area contributed by atoms with Crippen LogP contribution in [0.25, 0.3) is 11.1 Å². The molecule has 0 saturated carbocycles. The molecule has 0 fully saturated rings. The zero-order valence-electron chi connectivity index (χ0n) is 14.9. The molecule has 0 bridgehead atoms. The Kier molecular flexibility index (Phi) is 4.99. The number of hydrogen-bond acceptors (Lipinski definition) is 2. The molecule has 4 heteroatoms. The minimum atomic E-state index is -0.178. The van der Waals surface area contributed by atoms with E-state index >= 15 is 0 Å². The van der Waals surface area contributed by atoms with E-state index in [1.165, 1.54) is 5.56 Å². The highest BCUT2D eigenvalue weighted by atomic mass is 32.1. The summed E-state index contributed by atoms with van der Waals surface area (Å²) in [5.41, 5.74) is 5.17. The quantitative estimate of drug-likeness (QED) is 0.655. The Labute approximate surface area is 164 Å². The number of nitrogens with one attached hydrogen (secondary N) is 1. The highest BCUT2D eigenvalue weighted by molar-refractivity contribution is 7.80. The van der Waals surface area contributed by atoms with Crippen LogP contribution in [0, 0.1) is 0 Å². The van der Waals surface area contributed by atoms with Crippen molar-refractivity contribution in [3.63, 3.8) is 0 Å². The van der Waals surface area contributed by atoms with Gasteiger partial charge in [0, 0.05) is 17.8 Å². The van der Waals surface area contributed by atoms with Crippen LogP contribution in [0.3, 0.4) is 0 Å².